The fourth-order valence-electron chi connectivity index (χ4n) is 2.19. The van der Waals surface area contributed by atoms with E-state index in [1.54, 1.807) is 18.2 Å². The average molecular weight is 351 g/mol. The Labute approximate surface area is 144 Å². The van der Waals surface area contributed by atoms with E-state index in [1.807, 2.05) is 19.0 Å². The van der Waals surface area contributed by atoms with Crippen LogP contribution in [-0.4, -0.2) is 43.0 Å². The second kappa shape index (κ2) is 8.53. The predicted octanol–water partition coefficient (Wildman–Crippen LogP) is 3.70. The lowest BCUT2D eigenvalue weighted by atomic mass is 10.2. The van der Waals surface area contributed by atoms with E-state index in [0.29, 0.717) is 24.7 Å². The first kappa shape index (κ1) is 18.8. The number of likely N-dealkylation sites (N-methyl/N-ethyl adjacent to an activating group) is 1. The first-order valence-electron chi connectivity index (χ1n) is 7.76. The first-order chi connectivity index (χ1) is 11.9. The van der Waals surface area contributed by atoms with Crippen molar-refractivity contribution in [2.75, 3.05) is 32.5 Å². The molecular formula is C18H20F3N3O. The fourth-order valence-corrected chi connectivity index (χ4v) is 2.19. The number of hydrogen-bond donors (Lipinski definition) is 1. The number of nitrogens with one attached hydrogen (secondary N) is 1. The van der Waals surface area contributed by atoms with Gasteiger partial charge in [0.1, 0.15) is 17.5 Å². The Morgan fingerprint density at radius 2 is 1.72 bits per heavy atom. The van der Waals surface area contributed by atoms with Gasteiger partial charge in [-0.3, -0.25) is 0 Å². The standard InChI is InChI=1S/C18H20F3N3O/c1-23(2)9-10-24(12-13-5-3-4-6-15(13)20)18(25)22-17-8-7-14(19)11-16(17)21/h3-8,11H,9-10,12H2,1-2H3,(H,22,25). The van der Waals surface area contributed by atoms with Crippen LogP contribution in [0.2, 0.25) is 0 Å². The zero-order valence-electron chi connectivity index (χ0n) is 14.1. The van der Waals surface area contributed by atoms with Gasteiger partial charge >= 0.3 is 6.03 Å². The van der Waals surface area contributed by atoms with Crippen LogP contribution in [0.25, 0.3) is 0 Å². The summed E-state index contributed by atoms with van der Waals surface area (Å²) < 4.78 is 40.6. The monoisotopic (exact) mass is 351 g/mol. The van der Waals surface area contributed by atoms with Crippen molar-refractivity contribution in [3.8, 4) is 0 Å². The molecule has 0 aliphatic carbocycles. The van der Waals surface area contributed by atoms with E-state index in [4.69, 9.17) is 0 Å². The molecule has 2 aromatic rings. The van der Waals surface area contributed by atoms with E-state index in [2.05, 4.69) is 5.32 Å². The topological polar surface area (TPSA) is 35.6 Å². The SMILES string of the molecule is CN(C)CCN(Cc1ccccc1F)C(=O)Nc1ccc(F)cc1F. The molecule has 134 valence electrons. The Hall–Kier alpha value is -2.54. The lowest BCUT2D eigenvalue weighted by molar-refractivity contribution is 0.201. The largest absolute Gasteiger partial charge is 0.322 e. The van der Waals surface area contributed by atoms with Crippen LogP contribution in [0.3, 0.4) is 0 Å². The Morgan fingerprint density at radius 3 is 2.36 bits per heavy atom. The lowest BCUT2D eigenvalue weighted by Crippen LogP contribution is -2.39. The summed E-state index contributed by atoms with van der Waals surface area (Å²) in [6, 6.07) is 8.46. The quantitative estimate of drug-likeness (QED) is 0.861. The van der Waals surface area contributed by atoms with E-state index in [0.717, 1.165) is 12.1 Å². The molecule has 0 radical (unpaired) electrons. The number of anilines is 1. The van der Waals surface area contributed by atoms with Crippen LogP contribution >= 0.6 is 0 Å². The second-order valence-electron chi connectivity index (χ2n) is 5.87. The second-order valence-corrected chi connectivity index (χ2v) is 5.87. The molecule has 0 heterocycles. The minimum Gasteiger partial charge on any atom is -0.319 e. The van der Waals surface area contributed by atoms with Crippen LogP contribution in [0.5, 0.6) is 0 Å². The molecule has 0 saturated heterocycles. The molecule has 1 N–H and O–H groups in total. The van der Waals surface area contributed by atoms with Gasteiger partial charge < -0.3 is 15.1 Å². The highest BCUT2D eigenvalue weighted by Crippen LogP contribution is 2.17. The van der Waals surface area contributed by atoms with E-state index >= 15 is 0 Å². The van der Waals surface area contributed by atoms with Crippen LogP contribution in [0.4, 0.5) is 23.7 Å². The molecular weight excluding hydrogens is 331 g/mol. The van der Waals surface area contributed by atoms with Crippen molar-refractivity contribution < 1.29 is 18.0 Å². The number of hydrogen-bond acceptors (Lipinski definition) is 2. The number of amides is 2. The molecule has 0 aromatic heterocycles. The summed E-state index contributed by atoms with van der Waals surface area (Å²) in [6.07, 6.45) is 0. The molecule has 25 heavy (non-hydrogen) atoms. The Morgan fingerprint density at radius 1 is 1.00 bits per heavy atom. The van der Waals surface area contributed by atoms with Gasteiger partial charge in [0.15, 0.2) is 0 Å². The molecule has 4 nitrogen and oxygen atoms in total. The maximum Gasteiger partial charge on any atom is 0.322 e. The number of carbonyl (C=O) groups is 1. The molecule has 0 bridgehead atoms. The summed E-state index contributed by atoms with van der Waals surface area (Å²) in [5.74, 6) is -2.02. The summed E-state index contributed by atoms with van der Waals surface area (Å²) in [7, 11) is 3.69. The Balaban J connectivity index is 2.15. The van der Waals surface area contributed by atoms with Crippen molar-refractivity contribution in [2.45, 2.75) is 6.54 Å². The number of urea groups is 1. The number of benzene rings is 2. The minimum atomic E-state index is -0.869. The summed E-state index contributed by atoms with van der Waals surface area (Å²) in [6.45, 7) is 0.902. The Bertz CT molecular complexity index is 737. The molecule has 0 spiro atoms. The zero-order valence-corrected chi connectivity index (χ0v) is 14.1. The Kier molecular flexibility index (Phi) is 6.41. The third-order valence-electron chi connectivity index (χ3n) is 3.60. The molecule has 2 aromatic carbocycles. The van der Waals surface area contributed by atoms with E-state index in [-0.39, 0.29) is 12.2 Å². The lowest BCUT2D eigenvalue weighted by Gasteiger charge is -2.25. The van der Waals surface area contributed by atoms with Gasteiger partial charge in [-0.25, -0.2) is 18.0 Å². The van der Waals surface area contributed by atoms with Gasteiger partial charge in [0.2, 0.25) is 0 Å². The molecule has 2 amide bonds. The van der Waals surface area contributed by atoms with Crippen molar-refractivity contribution >= 4 is 11.7 Å². The molecule has 2 rings (SSSR count). The highest BCUT2D eigenvalue weighted by Gasteiger charge is 2.17. The molecule has 0 fully saturated rings. The van der Waals surface area contributed by atoms with E-state index in [9.17, 15) is 18.0 Å². The van der Waals surface area contributed by atoms with Crippen molar-refractivity contribution in [1.82, 2.24) is 9.80 Å². The third kappa shape index (κ3) is 5.49. The zero-order chi connectivity index (χ0) is 18.4. The van der Waals surface area contributed by atoms with Crippen molar-refractivity contribution in [3.63, 3.8) is 0 Å². The maximum absolute atomic E-state index is 13.9. The summed E-state index contributed by atoms with van der Waals surface area (Å²) in [4.78, 5) is 15.7. The van der Waals surface area contributed by atoms with Crippen molar-refractivity contribution in [1.29, 1.82) is 0 Å². The minimum absolute atomic E-state index is 0.0369. The van der Waals surface area contributed by atoms with Crippen LogP contribution in [0.15, 0.2) is 42.5 Å². The van der Waals surface area contributed by atoms with E-state index in [1.165, 1.54) is 11.0 Å². The van der Waals surface area contributed by atoms with Crippen LogP contribution in [-0.2, 0) is 6.54 Å². The first-order valence-corrected chi connectivity index (χ1v) is 7.76. The average Bonchev–Trinajstić information content (AvgIpc) is 2.55. The molecule has 0 aliphatic heterocycles. The summed E-state index contributed by atoms with van der Waals surface area (Å²) >= 11 is 0. The van der Waals surface area contributed by atoms with Gasteiger partial charge in [-0.1, -0.05) is 18.2 Å². The van der Waals surface area contributed by atoms with Crippen LogP contribution in [0, 0.1) is 17.5 Å². The van der Waals surface area contributed by atoms with Gasteiger partial charge in [0, 0.05) is 24.7 Å². The number of nitrogens with zero attached hydrogens (tertiary/aromatic N) is 2. The molecule has 0 saturated carbocycles. The molecule has 7 heteroatoms. The normalized spacial score (nSPS) is 10.8. The molecule has 0 unspecified atom stereocenters. The number of halogens is 3. The highest BCUT2D eigenvalue weighted by atomic mass is 19.1. The van der Waals surface area contributed by atoms with E-state index < -0.39 is 23.5 Å². The van der Waals surface area contributed by atoms with Gasteiger partial charge in [-0.05, 0) is 32.3 Å². The molecule has 0 atom stereocenters. The fraction of sp³-hybridized carbons (Fsp3) is 0.278. The van der Waals surface area contributed by atoms with Crippen LogP contribution < -0.4 is 5.32 Å². The predicted molar refractivity (Wildman–Crippen MR) is 90.7 cm³/mol. The van der Waals surface area contributed by atoms with Gasteiger partial charge in [-0.15, -0.1) is 0 Å². The van der Waals surface area contributed by atoms with Crippen molar-refractivity contribution in [2.24, 2.45) is 0 Å². The summed E-state index contributed by atoms with van der Waals surface area (Å²) in [5, 5.41) is 2.41. The third-order valence-corrected chi connectivity index (χ3v) is 3.60. The number of rotatable bonds is 6. The van der Waals surface area contributed by atoms with Crippen LogP contribution in [0.1, 0.15) is 5.56 Å². The van der Waals surface area contributed by atoms with Gasteiger partial charge in [-0.2, -0.15) is 0 Å². The van der Waals surface area contributed by atoms with Gasteiger partial charge in [0.25, 0.3) is 0 Å². The number of carbonyl (C=O) groups excluding carboxylic acids is 1. The molecule has 0 aliphatic rings. The van der Waals surface area contributed by atoms with Gasteiger partial charge in [0.05, 0.1) is 12.2 Å². The van der Waals surface area contributed by atoms with Crippen molar-refractivity contribution in [3.05, 3.63) is 65.5 Å². The maximum atomic E-state index is 13.9. The smallest absolute Gasteiger partial charge is 0.319 e. The highest BCUT2D eigenvalue weighted by molar-refractivity contribution is 5.89. The summed E-state index contributed by atoms with van der Waals surface area (Å²) in [5.41, 5.74) is 0.228.